The Morgan fingerprint density at radius 1 is 1.06 bits per heavy atom. The van der Waals surface area contributed by atoms with Crippen LogP contribution < -0.4 is 24.8 Å². The standard InChI is InChI=1S/C38H48N8O4S/c1-25-13-14-28(37(47)40-30-20-29(38(2,3)4)21-31(35(30)50-6)42-51(7,48)49)19-33(25)46-24-32(41-43-46)34-22-39-36(44(34)5)27-15-17-45(18-16-27)23-26-11-9-8-10-12-26/h8-14,19-22,24,27,36,39,42H,15-18,23H2,1-7H3,(H,40,47)/p+1. The van der Waals surface area contributed by atoms with Crippen molar-refractivity contribution < 1.29 is 22.6 Å². The summed E-state index contributed by atoms with van der Waals surface area (Å²) in [6, 6.07) is 19.7. The van der Waals surface area contributed by atoms with Crippen LogP contribution in [-0.2, 0) is 22.0 Å². The molecule has 1 saturated heterocycles. The van der Waals surface area contributed by atoms with Gasteiger partial charge in [0.05, 0.1) is 24.7 Å². The lowest BCUT2D eigenvalue weighted by molar-refractivity contribution is -0.659. The first kappa shape index (κ1) is 35.9. The number of nitrogens with zero attached hydrogens (tertiary/aromatic N) is 4. The number of ether oxygens (including phenoxy) is 1. The number of hydrogen-bond donors (Lipinski definition) is 4. The van der Waals surface area contributed by atoms with Gasteiger partial charge in [-0.05, 0) is 73.2 Å². The normalized spacial score (nSPS) is 17.2. The number of carbonyl (C=O) groups is 1. The Morgan fingerprint density at radius 2 is 1.76 bits per heavy atom. The minimum Gasteiger partial charge on any atom is -0.492 e. The van der Waals surface area contributed by atoms with Crippen LogP contribution in [0.5, 0.6) is 5.75 Å². The molecule has 1 amide bonds. The lowest BCUT2D eigenvalue weighted by Gasteiger charge is -2.38. The molecule has 2 aliphatic heterocycles. The molecule has 0 radical (unpaired) electrons. The molecule has 2 aliphatic rings. The van der Waals surface area contributed by atoms with Crippen molar-refractivity contribution in [3.05, 3.63) is 101 Å². The van der Waals surface area contributed by atoms with Gasteiger partial charge in [0, 0.05) is 42.4 Å². The van der Waals surface area contributed by atoms with Crippen molar-refractivity contribution in [3.63, 3.8) is 0 Å². The van der Waals surface area contributed by atoms with Crippen LogP contribution in [0.2, 0.25) is 0 Å². The topological polar surface area (TPSA) is 136 Å². The first-order chi connectivity index (χ1) is 24.2. The molecule has 4 N–H and O–H groups in total. The molecule has 4 aromatic rings. The largest absolute Gasteiger partial charge is 0.492 e. The van der Waals surface area contributed by atoms with Gasteiger partial charge in [0.1, 0.15) is 11.9 Å². The second kappa shape index (κ2) is 14.4. The number of benzene rings is 3. The van der Waals surface area contributed by atoms with Gasteiger partial charge in [0.25, 0.3) is 11.6 Å². The van der Waals surface area contributed by atoms with E-state index in [0.717, 1.165) is 66.9 Å². The molecule has 3 aromatic carbocycles. The molecule has 0 saturated carbocycles. The summed E-state index contributed by atoms with van der Waals surface area (Å²) in [6.45, 7) is 11.1. The fraction of sp³-hybridized carbons (Fsp3) is 0.395. The predicted molar refractivity (Wildman–Crippen MR) is 200 cm³/mol. The molecule has 1 aromatic heterocycles. The third kappa shape index (κ3) is 8.20. The lowest BCUT2D eigenvalue weighted by Crippen LogP contribution is -2.46. The maximum Gasteiger partial charge on any atom is 0.266 e. The van der Waals surface area contributed by atoms with E-state index in [0.29, 0.717) is 17.2 Å². The number of nitrogens with one attached hydrogen (secondary N) is 4. The van der Waals surface area contributed by atoms with E-state index in [-0.39, 0.29) is 28.9 Å². The number of carbonyl (C=O) groups excluding carboxylic acids is 1. The third-order valence-corrected chi connectivity index (χ3v) is 10.3. The summed E-state index contributed by atoms with van der Waals surface area (Å²) in [4.78, 5) is 18.5. The number of amides is 1. The average molecular weight is 714 g/mol. The number of piperidine rings is 1. The highest BCUT2D eigenvalue weighted by molar-refractivity contribution is 7.92. The van der Waals surface area contributed by atoms with Gasteiger partial charge in [0.15, 0.2) is 17.6 Å². The summed E-state index contributed by atoms with van der Waals surface area (Å²) in [5.41, 5.74) is 6.39. The maximum atomic E-state index is 13.7. The SMILES string of the molecule is COc1c(NC(=O)c2ccc(C)c(-[n+]3cc(C4=CNC(C5CCN(Cc6ccccc6)CC5)N4C)n[nH]3)c2)cc(C(C)(C)C)cc1NS(C)(=O)=O. The Hall–Kier alpha value is -4.88. The van der Waals surface area contributed by atoms with Crippen LogP contribution in [0.15, 0.2) is 73.1 Å². The van der Waals surface area contributed by atoms with E-state index in [1.807, 2.05) is 56.9 Å². The Morgan fingerprint density at radius 3 is 2.43 bits per heavy atom. The van der Waals surface area contributed by atoms with Gasteiger partial charge in [-0.1, -0.05) is 62.4 Å². The fourth-order valence-electron chi connectivity index (χ4n) is 6.89. The molecule has 0 aliphatic carbocycles. The van der Waals surface area contributed by atoms with Crippen molar-refractivity contribution in [2.24, 2.45) is 5.92 Å². The lowest BCUT2D eigenvalue weighted by atomic mass is 9.86. The van der Waals surface area contributed by atoms with Crippen LogP contribution in [0.3, 0.4) is 0 Å². The van der Waals surface area contributed by atoms with E-state index in [9.17, 15) is 13.2 Å². The van der Waals surface area contributed by atoms with Crippen LogP contribution in [-0.4, -0.2) is 74.1 Å². The third-order valence-electron chi connectivity index (χ3n) is 9.74. The van der Waals surface area contributed by atoms with E-state index in [2.05, 4.69) is 72.8 Å². The van der Waals surface area contributed by atoms with E-state index in [1.54, 1.807) is 18.2 Å². The number of aromatic nitrogens is 3. The summed E-state index contributed by atoms with van der Waals surface area (Å²) in [5.74, 6) is 0.367. The quantitative estimate of drug-likeness (QED) is 0.169. The van der Waals surface area contributed by atoms with Crippen molar-refractivity contribution >= 4 is 33.0 Å². The number of aryl methyl sites for hydroxylation is 1. The van der Waals surface area contributed by atoms with Gasteiger partial charge < -0.3 is 20.3 Å². The van der Waals surface area contributed by atoms with E-state index in [1.165, 1.54) is 12.7 Å². The number of likely N-dealkylation sites (tertiary alicyclic amines) is 1. The number of hydrogen-bond acceptors (Lipinski definition) is 8. The first-order valence-electron chi connectivity index (χ1n) is 17.3. The monoisotopic (exact) mass is 713 g/mol. The Labute approximate surface area is 300 Å². The van der Waals surface area contributed by atoms with Gasteiger partial charge in [-0.3, -0.25) is 14.4 Å². The van der Waals surface area contributed by atoms with E-state index < -0.39 is 10.0 Å². The number of aromatic amines is 1. The van der Waals surface area contributed by atoms with Crippen molar-refractivity contribution in [1.82, 2.24) is 25.4 Å². The van der Waals surface area contributed by atoms with Gasteiger partial charge in [-0.15, -0.1) is 4.68 Å². The summed E-state index contributed by atoms with van der Waals surface area (Å²) < 4.78 is 34.3. The van der Waals surface area contributed by atoms with Crippen LogP contribution in [0.25, 0.3) is 11.4 Å². The molecule has 6 rings (SSSR count). The van der Waals surface area contributed by atoms with Crippen molar-refractivity contribution in [3.8, 4) is 11.4 Å². The molecular formula is C38H49N8O4S+. The number of methoxy groups -OCH3 is 1. The van der Waals surface area contributed by atoms with Gasteiger partial charge in [-0.2, -0.15) is 0 Å². The highest BCUT2D eigenvalue weighted by Gasteiger charge is 2.35. The molecule has 1 unspecified atom stereocenters. The maximum absolute atomic E-state index is 13.7. The zero-order valence-electron chi connectivity index (χ0n) is 30.4. The number of anilines is 2. The average Bonchev–Trinajstić information content (AvgIpc) is 3.71. The fourth-order valence-corrected chi connectivity index (χ4v) is 7.44. The highest BCUT2D eigenvalue weighted by atomic mass is 32.2. The van der Waals surface area contributed by atoms with Crippen molar-refractivity contribution in [2.75, 3.05) is 43.5 Å². The molecule has 51 heavy (non-hydrogen) atoms. The molecule has 13 heteroatoms. The highest BCUT2D eigenvalue weighted by Crippen LogP contribution is 2.39. The Balaban J connectivity index is 1.16. The van der Waals surface area contributed by atoms with Gasteiger partial charge in [0.2, 0.25) is 10.0 Å². The summed E-state index contributed by atoms with van der Waals surface area (Å²) in [6.07, 6.45) is 7.50. The molecule has 12 nitrogen and oxygen atoms in total. The summed E-state index contributed by atoms with van der Waals surface area (Å²) in [5, 5.41) is 14.3. The van der Waals surface area contributed by atoms with E-state index >= 15 is 0 Å². The van der Waals surface area contributed by atoms with Crippen LogP contribution in [0.1, 0.15) is 66.4 Å². The molecule has 3 heterocycles. The second-order valence-electron chi connectivity index (χ2n) is 14.6. The smallest absolute Gasteiger partial charge is 0.266 e. The van der Waals surface area contributed by atoms with Gasteiger partial charge >= 0.3 is 0 Å². The molecular weight excluding hydrogens is 665 g/mol. The molecule has 0 bridgehead atoms. The second-order valence-corrected chi connectivity index (χ2v) is 16.4. The molecule has 1 fully saturated rings. The van der Waals surface area contributed by atoms with Crippen LogP contribution in [0, 0.1) is 12.8 Å². The number of H-pyrrole nitrogens is 1. The summed E-state index contributed by atoms with van der Waals surface area (Å²) >= 11 is 0. The minimum atomic E-state index is -3.61. The predicted octanol–water partition coefficient (Wildman–Crippen LogP) is 5.00. The Kier molecular flexibility index (Phi) is 10.1. The van der Waals surface area contributed by atoms with Crippen LogP contribution >= 0.6 is 0 Å². The minimum absolute atomic E-state index is 0.194. The van der Waals surface area contributed by atoms with E-state index in [4.69, 9.17) is 4.74 Å². The van der Waals surface area contributed by atoms with Gasteiger partial charge in [-0.25, -0.2) is 8.42 Å². The zero-order valence-corrected chi connectivity index (χ0v) is 31.3. The number of rotatable bonds is 10. The molecule has 0 spiro atoms. The molecule has 1 atom stereocenters. The zero-order chi connectivity index (χ0) is 36.5. The number of sulfonamides is 1. The molecule has 270 valence electrons. The van der Waals surface area contributed by atoms with Crippen LogP contribution in [0.4, 0.5) is 11.4 Å². The first-order valence-corrected chi connectivity index (χ1v) is 19.1. The van der Waals surface area contributed by atoms with Crippen molar-refractivity contribution in [2.45, 2.75) is 58.7 Å². The van der Waals surface area contributed by atoms with Crippen molar-refractivity contribution in [1.29, 1.82) is 0 Å². The summed E-state index contributed by atoms with van der Waals surface area (Å²) in [7, 11) is -0.0529. The Bertz CT molecular complexity index is 2030.